The quantitative estimate of drug-likeness (QED) is 0.611. The molecule has 0 fully saturated rings. The number of carbonyl (C=O) groups is 2. The molecular formula is C24H27N3O4. The molecule has 162 valence electrons. The Morgan fingerprint density at radius 1 is 1.00 bits per heavy atom. The van der Waals surface area contributed by atoms with Crippen LogP contribution in [-0.2, 0) is 16.1 Å². The third-order valence-electron chi connectivity index (χ3n) is 4.98. The van der Waals surface area contributed by atoms with Crippen LogP contribution in [0.3, 0.4) is 0 Å². The van der Waals surface area contributed by atoms with E-state index in [9.17, 15) is 14.4 Å². The highest BCUT2D eigenvalue weighted by atomic mass is 16.5. The molecule has 0 saturated heterocycles. The molecular weight excluding hydrogens is 394 g/mol. The van der Waals surface area contributed by atoms with Crippen LogP contribution in [0, 0.1) is 19.8 Å². The molecule has 0 saturated carbocycles. The maximum absolute atomic E-state index is 12.9. The third-order valence-corrected chi connectivity index (χ3v) is 4.98. The van der Waals surface area contributed by atoms with Gasteiger partial charge in [-0.2, -0.15) is 5.10 Å². The van der Waals surface area contributed by atoms with Crippen molar-refractivity contribution in [3.63, 3.8) is 0 Å². The fourth-order valence-electron chi connectivity index (χ4n) is 3.36. The number of aromatic nitrogens is 2. The van der Waals surface area contributed by atoms with Gasteiger partial charge in [-0.3, -0.25) is 9.59 Å². The molecule has 0 unspecified atom stereocenters. The normalized spacial score (nSPS) is 12.1. The van der Waals surface area contributed by atoms with Gasteiger partial charge < -0.3 is 10.1 Å². The second kappa shape index (κ2) is 9.12. The molecule has 7 nitrogen and oxygen atoms in total. The van der Waals surface area contributed by atoms with Gasteiger partial charge in [-0.15, -0.1) is 0 Å². The van der Waals surface area contributed by atoms with E-state index in [1.54, 1.807) is 24.3 Å². The van der Waals surface area contributed by atoms with Gasteiger partial charge in [0.1, 0.15) is 0 Å². The number of nitrogens with zero attached hydrogens (tertiary/aromatic N) is 2. The summed E-state index contributed by atoms with van der Waals surface area (Å²) in [5, 5.41) is 7.88. The van der Waals surface area contributed by atoms with E-state index in [0.717, 1.165) is 11.1 Å². The van der Waals surface area contributed by atoms with E-state index in [-0.39, 0.29) is 17.2 Å². The molecule has 0 aliphatic carbocycles. The van der Waals surface area contributed by atoms with Gasteiger partial charge in [0.25, 0.3) is 11.5 Å². The smallest absolute Gasteiger partial charge is 0.360 e. The minimum Gasteiger partial charge on any atom is -0.448 e. The highest BCUT2D eigenvalue weighted by Gasteiger charge is 2.24. The maximum Gasteiger partial charge on any atom is 0.360 e. The Kier molecular flexibility index (Phi) is 6.53. The van der Waals surface area contributed by atoms with E-state index in [0.29, 0.717) is 23.0 Å². The number of para-hydroxylation sites is 1. The fourth-order valence-corrected chi connectivity index (χ4v) is 3.36. The highest BCUT2D eigenvalue weighted by Crippen LogP contribution is 2.20. The Morgan fingerprint density at radius 3 is 2.23 bits per heavy atom. The number of ether oxygens (including phenoxy) is 1. The molecule has 1 amide bonds. The number of hydrogen-bond acceptors (Lipinski definition) is 5. The standard InChI is InChI=1S/C24H27N3O4/c1-14(2)13-27-23(29)19-12-7-6-11-18(19)21(26-27)24(30)31-17(5)22(28)25-20-15(3)9-8-10-16(20)4/h6-12,14,17H,13H2,1-5H3,(H,25,28)/t17-/m0/s1. The average Bonchev–Trinajstić information content (AvgIpc) is 2.72. The first-order valence-corrected chi connectivity index (χ1v) is 10.3. The monoisotopic (exact) mass is 421 g/mol. The number of fused-ring (bicyclic) bond motifs is 1. The van der Waals surface area contributed by atoms with E-state index in [1.165, 1.54) is 11.6 Å². The summed E-state index contributed by atoms with van der Waals surface area (Å²) in [7, 11) is 0. The molecule has 0 aliphatic heterocycles. The van der Waals surface area contributed by atoms with E-state index < -0.39 is 18.0 Å². The Morgan fingerprint density at radius 2 is 1.61 bits per heavy atom. The first-order valence-electron chi connectivity index (χ1n) is 10.3. The molecule has 31 heavy (non-hydrogen) atoms. The van der Waals surface area contributed by atoms with Gasteiger partial charge in [0.15, 0.2) is 11.8 Å². The number of esters is 1. The second-order valence-electron chi connectivity index (χ2n) is 8.08. The maximum atomic E-state index is 12.9. The SMILES string of the molecule is Cc1cccc(C)c1NC(=O)[C@H](C)OC(=O)c1nn(CC(C)C)c(=O)c2ccccc12. The van der Waals surface area contributed by atoms with Crippen molar-refractivity contribution >= 4 is 28.3 Å². The molecule has 3 aromatic rings. The van der Waals surface area contributed by atoms with Gasteiger partial charge in [-0.05, 0) is 43.9 Å². The van der Waals surface area contributed by atoms with E-state index in [1.807, 2.05) is 45.9 Å². The summed E-state index contributed by atoms with van der Waals surface area (Å²) in [5.41, 5.74) is 2.29. The lowest BCUT2D eigenvalue weighted by Crippen LogP contribution is -2.32. The van der Waals surface area contributed by atoms with Crippen molar-refractivity contribution in [2.75, 3.05) is 5.32 Å². The summed E-state index contributed by atoms with van der Waals surface area (Å²) in [6, 6.07) is 12.5. The molecule has 1 atom stereocenters. The van der Waals surface area contributed by atoms with Gasteiger partial charge in [-0.25, -0.2) is 9.48 Å². The molecule has 2 aromatic carbocycles. The van der Waals surface area contributed by atoms with Crippen LogP contribution in [0.4, 0.5) is 5.69 Å². The molecule has 0 bridgehead atoms. The largest absolute Gasteiger partial charge is 0.448 e. The first-order chi connectivity index (χ1) is 14.7. The molecule has 1 heterocycles. The number of nitrogens with one attached hydrogen (secondary N) is 1. The van der Waals surface area contributed by atoms with E-state index >= 15 is 0 Å². The summed E-state index contributed by atoms with van der Waals surface area (Å²) in [6.45, 7) is 9.59. The number of aryl methyl sites for hydroxylation is 2. The number of anilines is 1. The molecule has 0 aliphatic rings. The third kappa shape index (κ3) is 4.82. The lowest BCUT2D eigenvalue weighted by atomic mass is 10.1. The zero-order chi connectivity index (χ0) is 22.7. The fraction of sp³-hybridized carbons (Fsp3) is 0.333. The van der Waals surface area contributed by atoms with Crippen LogP contribution in [0.15, 0.2) is 47.3 Å². The van der Waals surface area contributed by atoms with Crippen LogP contribution in [0.5, 0.6) is 0 Å². The lowest BCUT2D eigenvalue weighted by molar-refractivity contribution is -0.123. The summed E-state index contributed by atoms with van der Waals surface area (Å²) >= 11 is 0. The van der Waals surface area contributed by atoms with Gasteiger partial charge in [0, 0.05) is 17.6 Å². The predicted molar refractivity (Wildman–Crippen MR) is 120 cm³/mol. The topological polar surface area (TPSA) is 90.3 Å². The van der Waals surface area contributed by atoms with Crippen molar-refractivity contribution in [3.8, 4) is 0 Å². The van der Waals surface area contributed by atoms with Crippen molar-refractivity contribution in [1.29, 1.82) is 0 Å². The predicted octanol–water partition coefficient (Wildman–Crippen LogP) is 3.85. The van der Waals surface area contributed by atoms with Gasteiger partial charge in [-0.1, -0.05) is 50.2 Å². The minimum absolute atomic E-state index is 0.0163. The first kappa shape index (κ1) is 22.2. The molecule has 0 spiro atoms. The average molecular weight is 421 g/mol. The van der Waals surface area contributed by atoms with Crippen molar-refractivity contribution in [2.24, 2.45) is 5.92 Å². The Labute approximate surface area is 181 Å². The van der Waals surface area contributed by atoms with Crippen molar-refractivity contribution in [1.82, 2.24) is 9.78 Å². The zero-order valence-corrected chi connectivity index (χ0v) is 18.4. The number of amides is 1. The molecule has 0 radical (unpaired) electrons. The van der Waals surface area contributed by atoms with Gasteiger partial charge in [0.2, 0.25) is 0 Å². The van der Waals surface area contributed by atoms with Crippen molar-refractivity contribution in [3.05, 3.63) is 69.6 Å². The zero-order valence-electron chi connectivity index (χ0n) is 18.4. The van der Waals surface area contributed by atoms with Crippen LogP contribution in [0.25, 0.3) is 10.8 Å². The van der Waals surface area contributed by atoms with Gasteiger partial charge >= 0.3 is 5.97 Å². The molecule has 1 N–H and O–H groups in total. The van der Waals surface area contributed by atoms with Gasteiger partial charge in [0.05, 0.1) is 5.39 Å². The van der Waals surface area contributed by atoms with E-state index in [4.69, 9.17) is 4.74 Å². The van der Waals surface area contributed by atoms with Crippen molar-refractivity contribution in [2.45, 2.75) is 47.3 Å². The molecule has 7 heteroatoms. The number of rotatable bonds is 6. The minimum atomic E-state index is -1.04. The van der Waals surface area contributed by atoms with Crippen LogP contribution in [0.1, 0.15) is 42.4 Å². The number of hydrogen-bond donors (Lipinski definition) is 1. The van der Waals surface area contributed by atoms with Crippen LogP contribution < -0.4 is 10.9 Å². The Hall–Kier alpha value is -3.48. The summed E-state index contributed by atoms with van der Waals surface area (Å²) < 4.78 is 6.71. The summed E-state index contributed by atoms with van der Waals surface area (Å²) in [4.78, 5) is 38.3. The molecule has 1 aromatic heterocycles. The Balaban J connectivity index is 1.88. The Bertz CT molecular complexity index is 1180. The molecule has 3 rings (SSSR count). The van der Waals surface area contributed by atoms with Crippen molar-refractivity contribution < 1.29 is 14.3 Å². The van der Waals surface area contributed by atoms with Crippen LogP contribution in [-0.4, -0.2) is 27.8 Å². The lowest BCUT2D eigenvalue weighted by Gasteiger charge is -2.17. The number of benzene rings is 2. The summed E-state index contributed by atoms with van der Waals surface area (Å²) in [5.74, 6) is -1.03. The van der Waals surface area contributed by atoms with Crippen LogP contribution in [0.2, 0.25) is 0 Å². The van der Waals surface area contributed by atoms with E-state index in [2.05, 4.69) is 10.4 Å². The highest BCUT2D eigenvalue weighted by molar-refractivity contribution is 6.04. The number of carbonyl (C=O) groups excluding carboxylic acids is 2. The summed E-state index contributed by atoms with van der Waals surface area (Å²) in [6.07, 6.45) is -1.04. The second-order valence-corrected chi connectivity index (χ2v) is 8.08. The van der Waals surface area contributed by atoms with Crippen LogP contribution >= 0.6 is 0 Å².